The minimum atomic E-state index is -3.68. The van der Waals surface area contributed by atoms with Gasteiger partial charge in [-0.05, 0) is 74.6 Å². The Bertz CT molecular complexity index is 1120. The minimum Gasteiger partial charge on any atom is -0.349 e. The van der Waals surface area contributed by atoms with E-state index in [1.165, 1.54) is 16.4 Å². The molecule has 9 heteroatoms. The number of hydrogen-bond acceptors (Lipinski definition) is 4. The average molecular weight is 490 g/mol. The Morgan fingerprint density at radius 2 is 1.64 bits per heavy atom. The smallest absolute Gasteiger partial charge is 0.243 e. The number of benzene rings is 2. The number of sulfonamides is 1. The lowest BCUT2D eigenvalue weighted by Crippen LogP contribution is -2.45. The Morgan fingerprint density at radius 3 is 2.27 bits per heavy atom. The molecule has 2 aliphatic rings. The summed E-state index contributed by atoms with van der Waals surface area (Å²) in [5, 5.41) is 6.38. The van der Waals surface area contributed by atoms with Crippen LogP contribution in [-0.2, 0) is 19.6 Å². The number of nitrogens with zero attached hydrogens (tertiary/aromatic N) is 1. The van der Waals surface area contributed by atoms with Gasteiger partial charge in [-0.25, -0.2) is 8.42 Å². The van der Waals surface area contributed by atoms with Crippen molar-refractivity contribution >= 4 is 39.1 Å². The van der Waals surface area contributed by atoms with Crippen LogP contribution >= 0.6 is 11.6 Å². The maximum atomic E-state index is 13.0. The quantitative estimate of drug-likeness (QED) is 0.615. The van der Waals surface area contributed by atoms with E-state index < -0.39 is 15.9 Å². The molecule has 2 amide bonds. The van der Waals surface area contributed by atoms with E-state index in [0.29, 0.717) is 24.4 Å². The molecular formula is C24H28ClN3O4S. The van der Waals surface area contributed by atoms with Gasteiger partial charge in [-0.1, -0.05) is 23.7 Å². The Morgan fingerprint density at radius 1 is 0.970 bits per heavy atom. The molecule has 1 aliphatic carbocycles. The van der Waals surface area contributed by atoms with E-state index in [9.17, 15) is 18.0 Å². The highest BCUT2D eigenvalue weighted by Crippen LogP contribution is 2.30. The Balaban J connectivity index is 1.35. The van der Waals surface area contributed by atoms with Crippen LogP contribution in [0, 0.1) is 11.8 Å². The van der Waals surface area contributed by atoms with Gasteiger partial charge in [-0.2, -0.15) is 4.31 Å². The molecule has 33 heavy (non-hydrogen) atoms. The van der Waals surface area contributed by atoms with Crippen LogP contribution in [0.25, 0.3) is 0 Å². The first-order chi connectivity index (χ1) is 15.7. The highest BCUT2D eigenvalue weighted by Gasteiger charge is 2.34. The second-order valence-corrected chi connectivity index (χ2v) is 11.1. The lowest BCUT2D eigenvalue weighted by atomic mass is 9.98. The van der Waals surface area contributed by atoms with Gasteiger partial charge in [0.05, 0.1) is 16.9 Å². The van der Waals surface area contributed by atoms with E-state index >= 15 is 0 Å². The van der Waals surface area contributed by atoms with Crippen LogP contribution in [0.2, 0.25) is 5.02 Å². The van der Waals surface area contributed by atoms with Crippen molar-refractivity contribution in [2.24, 2.45) is 11.8 Å². The zero-order chi connectivity index (χ0) is 23.6. The van der Waals surface area contributed by atoms with E-state index in [4.69, 9.17) is 11.6 Å². The summed E-state index contributed by atoms with van der Waals surface area (Å²) in [4.78, 5) is 25.0. The van der Waals surface area contributed by atoms with Crippen LogP contribution < -0.4 is 10.6 Å². The van der Waals surface area contributed by atoms with Crippen molar-refractivity contribution < 1.29 is 18.0 Å². The molecule has 2 fully saturated rings. The number of hydrogen-bond donors (Lipinski definition) is 2. The number of carbonyl (C=O) groups excluding carboxylic acids is 2. The molecule has 0 aromatic heterocycles. The summed E-state index contributed by atoms with van der Waals surface area (Å²) in [6.07, 6.45) is 3.16. The lowest BCUT2D eigenvalue weighted by molar-refractivity contribution is -0.126. The molecule has 2 N–H and O–H groups in total. The molecule has 2 aromatic rings. The summed E-state index contributed by atoms with van der Waals surface area (Å²) >= 11 is 5.88. The van der Waals surface area contributed by atoms with Gasteiger partial charge in [-0.3, -0.25) is 9.59 Å². The second kappa shape index (κ2) is 9.83. The third-order valence-corrected chi connectivity index (χ3v) is 8.32. The van der Waals surface area contributed by atoms with Gasteiger partial charge in [0.1, 0.15) is 0 Å². The van der Waals surface area contributed by atoms with Crippen LogP contribution in [-0.4, -0.2) is 37.6 Å². The van der Waals surface area contributed by atoms with Crippen molar-refractivity contribution in [2.45, 2.75) is 43.5 Å². The largest absolute Gasteiger partial charge is 0.349 e. The van der Waals surface area contributed by atoms with Crippen molar-refractivity contribution in [3.05, 3.63) is 59.1 Å². The number of rotatable bonds is 7. The molecule has 0 bridgehead atoms. The van der Waals surface area contributed by atoms with Gasteiger partial charge in [0, 0.05) is 29.7 Å². The highest BCUT2D eigenvalue weighted by atomic mass is 35.5. The number of amides is 2. The van der Waals surface area contributed by atoms with Crippen molar-refractivity contribution in [3.8, 4) is 0 Å². The van der Waals surface area contributed by atoms with Gasteiger partial charge in [0.2, 0.25) is 21.8 Å². The van der Waals surface area contributed by atoms with Crippen molar-refractivity contribution in [3.63, 3.8) is 0 Å². The normalized spacial score (nSPS) is 20.1. The molecule has 1 saturated heterocycles. The maximum absolute atomic E-state index is 13.0. The Hall–Kier alpha value is -2.42. The fourth-order valence-corrected chi connectivity index (χ4v) is 5.64. The predicted molar refractivity (Wildman–Crippen MR) is 127 cm³/mol. The van der Waals surface area contributed by atoms with E-state index in [1.807, 2.05) is 31.2 Å². The van der Waals surface area contributed by atoms with E-state index in [2.05, 4.69) is 10.6 Å². The van der Waals surface area contributed by atoms with Crippen LogP contribution in [0.4, 0.5) is 5.69 Å². The summed E-state index contributed by atoms with van der Waals surface area (Å²) < 4.78 is 27.4. The second-order valence-electron chi connectivity index (χ2n) is 8.77. The third kappa shape index (κ3) is 5.75. The van der Waals surface area contributed by atoms with Crippen molar-refractivity contribution in [1.29, 1.82) is 0 Å². The van der Waals surface area contributed by atoms with Gasteiger partial charge >= 0.3 is 0 Å². The number of nitrogens with one attached hydrogen (secondary N) is 2. The predicted octanol–water partition coefficient (Wildman–Crippen LogP) is 3.97. The molecular weight excluding hydrogens is 462 g/mol. The van der Waals surface area contributed by atoms with E-state index in [-0.39, 0.29) is 35.2 Å². The molecule has 1 saturated carbocycles. The fraction of sp³-hybridized carbons (Fsp3) is 0.417. The van der Waals surface area contributed by atoms with E-state index in [0.717, 1.165) is 24.1 Å². The summed E-state index contributed by atoms with van der Waals surface area (Å²) in [5.74, 6) is -0.383. The maximum Gasteiger partial charge on any atom is 0.243 e. The summed E-state index contributed by atoms with van der Waals surface area (Å²) in [7, 11) is -3.68. The molecule has 7 nitrogen and oxygen atoms in total. The SMILES string of the molecule is CC(NC(=O)C1CCCN(S(=O)(=O)c2ccc(Cl)cc2)C1)c1ccc(NC(=O)C2CC2)cc1. The molecule has 1 heterocycles. The monoisotopic (exact) mass is 489 g/mol. The standard InChI is InChI=1S/C24H28ClN3O4S/c1-16(17-6-10-21(11-7-17)27-23(29)18-4-5-18)26-24(30)19-3-2-14-28(15-19)33(31,32)22-12-8-20(25)9-13-22/h6-13,16,18-19H,2-5,14-15H2,1H3,(H,26,30)(H,27,29). The van der Waals surface area contributed by atoms with Crippen LogP contribution in [0.1, 0.15) is 44.2 Å². The highest BCUT2D eigenvalue weighted by molar-refractivity contribution is 7.89. The molecule has 176 valence electrons. The zero-order valence-electron chi connectivity index (χ0n) is 18.5. The molecule has 2 unspecified atom stereocenters. The number of carbonyl (C=O) groups is 2. The summed E-state index contributed by atoms with van der Waals surface area (Å²) in [6, 6.07) is 13.3. The third-order valence-electron chi connectivity index (χ3n) is 6.19. The lowest BCUT2D eigenvalue weighted by Gasteiger charge is -2.32. The van der Waals surface area contributed by atoms with Gasteiger partial charge in [0.25, 0.3) is 0 Å². The Kier molecular flexibility index (Phi) is 7.07. The Labute approximate surface area is 199 Å². The average Bonchev–Trinajstić information content (AvgIpc) is 3.65. The first-order valence-corrected chi connectivity index (χ1v) is 13.0. The van der Waals surface area contributed by atoms with Crippen LogP contribution in [0.5, 0.6) is 0 Å². The number of halogens is 1. The van der Waals surface area contributed by atoms with Crippen LogP contribution in [0.15, 0.2) is 53.4 Å². The molecule has 1 aliphatic heterocycles. The molecule has 4 rings (SSSR count). The zero-order valence-corrected chi connectivity index (χ0v) is 20.0. The van der Waals surface area contributed by atoms with Gasteiger partial charge < -0.3 is 10.6 Å². The summed E-state index contributed by atoms with van der Waals surface area (Å²) in [6.45, 7) is 2.43. The van der Waals surface area contributed by atoms with Gasteiger partial charge in [0.15, 0.2) is 0 Å². The van der Waals surface area contributed by atoms with Crippen LogP contribution in [0.3, 0.4) is 0 Å². The summed E-state index contributed by atoms with van der Waals surface area (Å²) in [5.41, 5.74) is 1.65. The fourth-order valence-electron chi connectivity index (χ4n) is 3.99. The van der Waals surface area contributed by atoms with Crippen molar-refractivity contribution in [1.82, 2.24) is 9.62 Å². The topological polar surface area (TPSA) is 95.6 Å². The molecule has 0 spiro atoms. The number of anilines is 1. The molecule has 0 radical (unpaired) electrons. The first kappa shape index (κ1) is 23.7. The minimum absolute atomic E-state index is 0.0551. The van der Waals surface area contributed by atoms with Gasteiger partial charge in [-0.15, -0.1) is 0 Å². The van der Waals surface area contributed by atoms with E-state index in [1.54, 1.807) is 12.1 Å². The molecule has 2 atom stereocenters. The number of piperidine rings is 1. The molecule has 2 aromatic carbocycles. The first-order valence-electron chi connectivity index (χ1n) is 11.2. The van der Waals surface area contributed by atoms with Crippen molar-refractivity contribution in [2.75, 3.05) is 18.4 Å².